The molecule has 0 unspecified atom stereocenters. The molecule has 4 nitrogen and oxygen atoms in total. The summed E-state index contributed by atoms with van der Waals surface area (Å²) in [5, 5.41) is 4.20. The summed E-state index contributed by atoms with van der Waals surface area (Å²) < 4.78 is 2.32. The number of halogens is 1. The smallest absolute Gasteiger partial charge is 0.273 e. The Morgan fingerprint density at radius 1 is 1.47 bits per heavy atom. The normalized spacial score (nSPS) is 10.1. The highest BCUT2D eigenvalue weighted by Gasteiger charge is 2.22. The van der Waals surface area contributed by atoms with Crippen LogP contribution in [0.1, 0.15) is 16.2 Å². The summed E-state index contributed by atoms with van der Waals surface area (Å²) in [6.45, 7) is 10.1. The summed E-state index contributed by atoms with van der Waals surface area (Å²) in [5.74, 6) is -0.0835. The van der Waals surface area contributed by atoms with Gasteiger partial charge in [0, 0.05) is 20.1 Å². The molecule has 92 valence electrons. The number of aromatic nitrogens is 2. The fourth-order valence-electron chi connectivity index (χ4n) is 1.57. The molecule has 0 bridgehead atoms. The number of hydrogen-bond donors (Lipinski definition) is 0. The van der Waals surface area contributed by atoms with Crippen molar-refractivity contribution in [2.24, 2.45) is 7.05 Å². The van der Waals surface area contributed by atoms with Gasteiger partial charge in [-0.3, -0.25) is 9.48 Å². The quantitative estimate of drug-likeness (QED) is 0.782. The Morgan fingerprint density at radius 3 is 2.35 bits per heavy atom. The Bertz CT molecular complexity index is 441. The average Bonchev–Trinajstić information content (AvgIpc) is 2.52. The van der Waals surface area contributed by atoms with Crippen molar-refractivity contribution >= 4 is 21.8 Å². The van der Waals surface area contributed by atoms with Gasteiger partial charge in [0.15, 0.2) is 0 Å². The topological polar surface area (TPSA) is 38.1 Å². The SMILES string of the molecule is C=CCN(CC=C)C(=O)c1c(Br)c(C)nn1C. The first kappa shape index (κ1) is 13.7. The first-order chi connectivity index (χ1) is 8.02. The third kappa shape index (κ3) is 2.85. The van der Waals surface area contributed by atoms with E-state index in [2.05, 4.69) is 34.2 Å². The molecule has 1 amide bonds. The van der Waals surface area contributed by atoms with Gasteiger partial charge >= 0.3 is 0 Å². The lowest BCUT2D eigenvalue weighted by Gasteiger charge is -2.19. The van der Waals surface area contributed by atoms with E-state index in [1.807, 2.05) is 6.92 Å². The molecule has 0 atom stereocenters. The zero-order valence-electron chi connectivity index (χ0n) is 10.1. The van der Waals surface area contributed by atoms with E-state index in [9.17, 15) is 4.79 Å². The molecule has 0 radical (unpaired) electrons. The van der Waals surface area contributed by atoms with Crippen LogP contribution in [0.3, 0.4) is 0 Å². The molecule has 0 aliphatic carbocycles. The molecule has 0 saturated heterocycles. The maximum atomic E-state index is 12.3. The van der Waals surface area contributed by atoms with Crippen molar-refractivity contribution in [2.45, 2.75) is 6.92 Å². The Balaban J connectivity index is 3.08. The minimum atomic E-state index is -0.0835. The molecule has 17 heavy (non-hydrogen) atoms. The van der Waals surface area contributed by atoms with Crippen LogP contribution in [0, 0.1) is 6.92 Å². The zero-order chi connectivity index (χ0) is 13.0. The molecular weight excluding hydrogens is 282 g/mol. The van der Waals surface area contributed by atoms with Gasteiger partial charge in [-0.05, 0) is 22.9 Å². The van der Waals surface area contributed by atoms with E-state index in [1.165, 1.54) is 0 Å². The van der Waals surface area contributed by atoms with Crippen LogP contribution in [-0.2, 0) is 7.05 Å². The minimum Gasteiger partial charge on any atom is -0.330 e. The van der Waals surface area contributed by atoms with Crippen molar-refractivity contribution in [1.82, 2.24) is 14.7 Å². The fraction of sp³-hybridized carbons (Fsp3) is 0.333. The second-order valence-corrected chi connectivity index (χ2v) is 4.45. The van der Waals surface area contributed by atoms with Gasteiger partial charge in [0.25, 0.3) is 5.91 Å². The van der Waals surface area contributed by atoms with Crippen LogP contribution >= 0.6 is 15.9 Å². The Kier molecular flexibility index (Phi) is 4.69. The molecule has 0 spiro atoms. The summed E-state index contributed by atoms with van der Waals surface area (Å²) in [7, 11) is 1.75. The lowest BCUT2D eigenvalue weighted by atomic mass is 10.3. The number of aryl methyl sites for hydroxylation is 2. The van der Waals surface area contributed by atoms with Gasteiger partial charge in [-0.1, -0.05) is 12.2 Å². The molecule has 0 N–H and O–H groups in total. The highest BCUT2D eigenvalue weighted by Crippen LogP contribution is 2.21. The maximum Gasteiger partial charge on any atom is 0.273 e. The number of rotatable bonds is 5. The van der Waals surface area contributed by atoms with Crippen molar-refractivity contribution < 1.29 is 4.79 Å². The van der Waals surface area contributed by atoms with Crippen molar-refractivity contribution in [2.75, 3.05) is 13.1 Å². The molecule has 1 aromatic rings. The summed E-state index contributed by atoms with van der Waals surface area (Å²) in [6.07, 6.45) is 3.39. The van der Waals surface area contributed by atoms with Crippen molar-refractivity contribution in [1.29, 1.82) is 0 Å². The third-order valence-electron chi connectivity index (χ3n) is 2.34. The predicted molar refractivity (Wildman–Crippen MR) is 71.9 cm³/mol. The molecule has 1 heterocycles. The number of carbonyl (C=O) groups excluding carboxylic acids is 1. The Hall–Kier alpha value is -1.36. The first-order valence-electron chi connectivity index (χ1n) is 5.23. The average molecular weight is 298 g/mol. The van der Waals surface area contributed by atoms with E-state index in [0.29, 0.717) is 18.8 Å². The van der Waals surface area contributed by atoms with Gasteiger partial charge in [0.2, 0.25) is 0 Å². The molecule has 0 aromatic carbocycles. The van der Waals surface area contributed by atoms with E-state index in [0.717, 1.165) is 10.2 Å². The van der Waals surface area contributed by atoms with E-state index < -0.39 is 0 Å². The fourth-order valence-corrected chi connectivity index (χ4v) is 2.07. The molecule has 0 aliphatic heterocycles. The summed E-state index contributed by atoms with van der Waals surface area (Å²) in [6, 6.07) is 0. The number of amides is 1. The lowest BCUT2D eigenvalue weighted by molar-refractivity contribution is 0.0779. The predicted octanol–water partition coefficient (Wildman–Crippen LogP) is 2.31. The number of nitrogens with zero attached hydrogens (tertiary/aromatic N) is 3. The third-order valence-corrected chi connectivity index (χ3v) is 3.29. The molecule has 1 rings (SSSR count). The van der Waals surface area contributed by atoms with Gasteiger partial charge in [-0.25, -0.2) is 0 Å². The van der Waals surface area contributed by atoms with Gasteiger partial charge in [0.05, 0.1) is 10.2 Å². The van der Waals surface area contributed by atoms with E-state index in [-0.39, 0.29) is 5.91 Å². The van der Waals surface area contributed by atoms with E-state index in [1.54, 1.807) is 28.8 Å². The standard InChI is InChI=1S/C12H16BrN3O/c1-5-7-16(8-6-2)12(17)11-10(13)9(3)14-15(11)4/h5-6H,1-2,7-8H2,3-4H3. The van der Waals surface area contributed by atoms with Crippen LogP contribution in [0.25, 0.3) is 0 Å². The highest BCUT2D eigenvalue weighted by molar-refractivity contribution is 9.10. The maximum absolute atomic E-state index is 12.3. The van der Waals surface area contributed by atoms with Gasteiger partial charge in [-0.2, -0.15) is 5.10 Å². The lowest BCUT2D eigenvalue weighted by Crippen LogP contribution is -2.32. The van der Waals surface area contributed by atoms with Crippen molar-refractivity contribution in [3.05, 3.63) is 41.2 Å². The monoisotopic (exact) mass is 297 g/mol. The van der Waals surface area contributed by atoms with Crippen LogP contribution < -0.4 is 0 Å². The van der Waals surface area contributed by atoms with Crippen LogP contribution in [-0.4, -0.2) is 33.7 Å². The van der Waals surface area contributed by atoms with Crippen LogP contribution in [0.2, 0.25) is 0 Å². The second kappa shape index (κ2) is 5.82. The number of hydrogen-bond acceptors (Lipinski definition) is 2. The van der Waals surface area contributed by atoms with Crippen LogP contribution in [0.4, 0.5) is 0 Å². The van der Waals surface area contributed by atoms with Crippen molar-refractivity contribution in [3.63, 3.8) is 0 Å². The van der Waals surface area contributed by atoms with Gasteiger partial charge in [-0.15, -0.1) is 13.2 Å². The van der Waals surface area contributed by atoms with E-state index >= 15 is 0 Å². The molecule has 1 aromatic heterocycles. The molecular formula is C12H16BrN3O. The minimum absolute atomic E-state index is 0.0835. The molecule has 0 aliphatic rings. The van der Waals surface area contributed by atoms with Crippen LogP contribution in [0.5, 0.6) is 0 Å². The summed E-state index contributed by atoms with van der Waals surface area (Å²) in [5.41, 5.74) is 1.35. The summed E-state index contributed by atoms with van der Waals surface area (Å²) >= 11 is 3.39. The van der Waals surface area contributed by atoms with Crippen molar-refractivity contribution in [3.8, 4) is 0 Å². The number of carbonyl (C=O) groups is 1. The summed E-state index contributed by atoms with van der Waals surface area (Å²) in [4.78, 5) is 14.0. The van der Waals surface area contributed by atoms with Crippen LogP contribution in [0.15, 0.2) is 29.8 Å². The molecule has 0 saturated carbocycles. The van der Waals surface area contributed by atoms with Gasteiger partial charge < -0.3 is 4.90 Å². The first-order valence-corrected chi connectivity index (χ1v) is 6.02. The zero-order valence-corrected chi connectivity index (χ0v) is 11.7. The van der Waals surface area contributed by atoms with E-state index in [4.69, 9.17) is 0 Å². The molecule has 0 fully saturated rings. The Labute approximate surface area is 110 Å². The largest absolute Gasteiger partial charge is 0.330 e. The molecule has 5 heteroatoms. The highest BCUT2D eigenvalue weighted by atomic mass is 79.9. The Morgan fingerprint density at radius 2 is 2.00 bits per heavy atom. The van der Waals surface area contributed by atoms with Gasteiger partial charge in [0.1, 0.15) is 5.69 Å². The second-order valence-electron chi connectivity index (χ2n) is 3.66.